The van der Waals surface area contributed by atoms with Gasteiger partial charge < -0.3 is 5.32 Å². The molecular formula is C25H21N5O3S. The normalized spacial score (nSPS) is 17.7. The van der Waals surface area contributed by atoms with Gasteiger partial charge in [-0.3, -0.25) is 19.8 Å². The lowest BCUT2D eigenvalue weighted by Crippen LogP contribution is -2.42. The summed E-state index contributed by atoms with van der Waals surface area (Å²) in [7, 11) is 0. The highest BCUT2D eigenvalue weighted by Crippen LogP contribution is 2.31. The smallest absolute Gasteiger partial charge is 0.319 e. The van der Waals surface area contributed by atoms with E-state index in [4.69, 9.17) is 0 Å². The first kappa shape index (κ1) is 21.7. The summed E-state index contributed by atoms with van der Waals surface area (Å²) in [4.78, 5) is 39.4. The maximum absolute atomic E-state index is 13.2. The van der Waals surface area contributed by atoms with E-state index in [1.165, 1.54) is 11.3 Å². The van der Waals surface area contributed by atoms with Crippen LogP contribution in [0.4, 0.5) is 9.93 Å². The summed E-state index contributed by atoms with van der Waals surface area (Å²) in [5, 5.41) is 16.6. The molecule has 1 aromatic heterocycles. The highest BCUT2D eigenvalue weighted by Gasteiger charge is 2.49. The number of aromatic nitrogens is 2. The van der Waals surface area contributed by atoms with Crippen molar-refractivity contribution in [2.75, 3.05) is 11.9 Å². The molecule has 0 spiro atoms. The maximum atomic E-state index is 13.2. The van der Waals surface area contributed by atoms with Crippen molar-refractivity contribution in [2.24, 2.45) is 0 Å². The van der Waals surface area contributed by atoms with Gasteiger partial charge in [0.05, 0.1) is 0 Å². The van der Waals surface area contributed by atoms with Gasteiger partial charge >= 0.3 is 6.03 Å². The van der Waals surface area contributed by atoms with Gasteiger partial charge in [-0.25, -0.2) is 4.79 Å². The molecule has 2 heterocycles. The lowest BCUT2D eigenvalue weighted by Gasteiger charge is -2.22. The number of urea groups is 1. The molecule has 1 atom stereocenters. The standard InChI is InChI=1S/C25H21N5O3S/c1-25(19-12-11-17-9-5-6-10-18(17)14-19)22(32)30(24(33)27-25)15-20(31)26-23-29-28-21(34-23)13-16-7-3-2-4-8-16/h2-12,14H,13,15H2,1H3,(H,27,33)(H,26,29,31)/t25-/m1/s1. The number of fused-ring (bicyclic) bond motifs is 1. The summed E-state index contributed by atoms with van der Waals surface area (Å²) in [5.41, 5.74) is 0.485. The Balaban J connectivity index is 1.27. The molecule has 1 fully saturated rings. The van der Waals surface area contributed by atoms with E-state index in [0.29, 0.717) is 17.1 Å². The highest BCUT2D eigenvalue weighted by atomic mass is 32.1. The largest absolute Gasteiger partial charge is 0.325 e. The first-order chi connectivity index (χ1) is 16.4. The van der Waals surface area contributed by atoms with E-state index in [1.54, 1.807) is 6.92 Å². The van der Waals surface area contributed by atoms with E-state index in [0.717, 1.165) is 26.2 Å². The topological polar surface area (TPSA) is 104 Å². The number of nitrogens with one attached hydrogen (secondary N) is 2. The van der Waals surface area contributed by atoms with Crippen LogP contribution in [0.15, 0.2) is 72.8 Å². The number of carbonyl (C=O) groups is 3. The molecule has 1 saturated heterocycles. The molecule has 1 aliphatic heterocycles. The van der Waals surface area contributed by atoms with E-state index in [2.05, 4.69) is 20.8 Å². The number of hydrogen-bond donors (Lipinski definition) is 2. The molecule has 2 N–H and O–H groups in total. The second kappa shape index (κ2) is 8.68. The van der Waals surface area contributed by atoms with Crippen LogP contribution in [0.2, 0.25) is 0 Å². The number of nitrogens with zero attached hydrogens (tertiary/aromatic N) is 3. The molecule has 8 nitrogen and oxygen atoms in total. The first-order valence-corrected chi connectivity index (χ1v) is 11.5. The summed E-state index contributed by atoms with van der Waals surface area (Å²) in [5.74, 6) is -1.00. The van der Waals surface area contributed by atoms with Gasteiger partial charge in [0.15, 0.2) is 0 Å². The minimum absolute atomic E-state index is 0.320. The van der Waals surface area contributed by atoms with Crippen molar-refractivity contribution in [3.8, 4) is 0 Å². The Morgan fingerprint density at radius 2 is 1.74 bits per heavy atom. The quantitative estimate of drug-likeness (QED) is 0.418. The van der Waals surface area contributed by atoms with Crippen molar-refractivity contribution >= 4 is 45.1 Å². The van der Waals surface area contributed by atoms with Crippen molar-refractivity contribution < 1.29 is 14.4 Å². The Hall–Kier alpha value is -4.11. The third-order valence-corrected chi connectivity index (χ3v) is 6.65. The molecular weight excluding hydrogens is 450 g/mol. The fraction of sp³-hybridized carbons (Fsp3) is 0.160. The number of benzene rings is 3. The Bertz CT molecular complexity index is 1400. The molecule has 4 aromatic rings. The van der Waals surface area contributed by atoms with Gasteiger partial charge in [0.1, 0.15) is 17.1 Å². The monoisotopic (exact) mass is 471 g/mol. The van der Waals surface area contributed by atoms with Crippen LogP contribution in [-0.2, 0) is 21.5 Å². The van der Waals surface area contributed by atoms with Crippen molar-refractivity contribution in [1.82, 2.24) is 20.4 Å². The van der Waals surface area contributed by atoms with Crippen LogP contribution in [0.5, 0.6) is 0 Å². The number of amides is 4. The molecule has 9 heteroatoms. The van der Waals surface area contributed by atoms with E-state index >= 15 is 0 Å². The zero-order chi connectivity index (χ0) is 23.7. The number of hydrogen-bond acceptors (Lipinski definition) is 6. The molecule has 34 heavy (non-hydrogen) atoms. The molecule has 4 amide bonds. The van der Waals surface area contributed by atoms with Crippen LogP contribution in [0, 0.1) is 0 Å². The fourth-order valence-corrected chi connectivity index (χ4v) is 4.78. The molecule has 0 aliphatic carbocycles. The maximum Gasteiger partial charge on any atom is 0.325 e. The first-order valence-electron chi connectivity index (χ1n) is 10.7. The average Bonchev–Trinajstić information content (AvgIpc) is 3.36. The summed E-state index contributed by atoms with van der Waals surface area (Å²) in [6.45, 7) is 1.23. The van der Waals surface area contributed by atoms with E-state index < -0.39 is 29.9 Å². The zero-order valence-corrected chi connectivity index (χ0v) is 19.1. The third-order valence-electron chi connectivity index (χ3n) is 5.81. The Labute approximate surface area is 199 Å². The minimum atomic E-state index is -1.26. The molecule has 0 unspecified atom stereocenters. The van der Waals surface area contributed by atoms with Crippen LogP contribution >= 0.6 is 11.3 Å². The van der Waals surface area contributed by atoms with Crippen LogP contribution in [-0.4, -0.2) is 39.5 Å². The fourth-order valence-electron chi connectivity index (χ4n) is 3.98. The molecule has 0 radical (unpaired) electrons. The summed E-state index contributed by atoms with van der Waals surface area (Å²) >= 11 is 1.26. The summed E-state index contributed by atoms with van der Waals surface area (Å²) in [6.07, 6.45) is 0.603. The van der Waals surface area contributed by atoms with Gasteiger partial charge in [0.25, 0.3) is 5.91 Å². The Kier molecular flexibility index (Phi) is 5.54. The van der Waals surface area contributed by atoms with E-state index in [9.17, 15) is 14.4 Å². The van der Waals surface area contributed by atoms with Gasteiger partial charge in [-0.2, -0.15) is 0 Å². The van der Waals surface area contributed by atoms with Gasteiger partial charge in [0, 0.05) is 6.42 Å². The van der Waals surface area contributed by atoms with Crippen LogP contribution in [0.25, 0.3) is 10.8 Å². The average molecular weight is 472 g/mol. The molecule has 5 rings (SSSR count). The van der Waals surface area contributed by atoms with Crippen LogP contribution < -0.4 is 10.6 Å². The third kappa shape index (κ3) is 4.13. The summed E-state index contributed by atoms with van der Waals surface area (Å²) < 4.78 is 0. The van der Waals surface area contributed by atoms with Crippen LogP contribution in [0.1, 0.15) is 23.1 Å². The number of rotatable bonds is 6. The molecule has 0 saturated carbocycles. The Morgan fingerprint density at radius 3 is 2.53 bits per heavy atom. The molecule has 0 bridgehead atoms. The second-order valence-corrected chi connectivity index (χ2v) is 9.28. The SMILES string of the molecule is C[C@]1(c2ccc3ccccc3c2)NC(=O)N(CC(=O)Nc2nnc(Cc3ccccc3)s2)C1=O. The van der Waals surface area contributed by atoms with Gasteiger partial charge in [-0.05, 0) is 34.9 Å². The lowest BCUT2D eigenvalue weighted by atomic mass is 9.90. The lowest BCUT2D eigenvalue weighted by molar-refractivity contribution is -0.133. The minimum Gasteiger partial charge on any atom is -0.319 e. The number of imide groups is 1. The zero-order valence-electron chi connectivity index (χ0n) is 18.3. The predicted octanol–water partition coefficient (Wildman–Crippen LogP) is 3.69. The number of anilines is 1. The molecule has 170 valence electrons. The van der Waals surface area contributed by atoms with Crippen molar-refractivity contribution in [3.05, 3.63) is 88.9 Å². The predicted molar refractivity (Wildman–Crippen MR) is 129 cm³/mol. The van der Waals surface area contributed by atoms with E-state index in [1.807, 2.05) is 72.8 Å². The van der Waals surface area contributed by atoms with Gasteiger partial charge in [0.2, 0.25) is 11.0 Å². The summed E-state index contributed by atoms with van der Waals surface area (Å²) in [6, 6.07) is 22.6. The van der Waals surface area contributed by atoms with Crippen molar-refractivity contribution in [1.29, 1.82) is 0 Å². The second-order valence-electron chi connectivity index (χ2n) is 8.22. The number of carbonyl (C=O) groups excluding carboxylic acids is 3. The Morgan fingerprint density at radius 1 is 1.00 bits per heavy atom. The van der Waals surface area contributed by atoms with E-state index in [-0.39, 0.29) is 0 Å². The van der Waals surface area contributed by atoms with Gasteiger partial charge in [-0.15, -0.1) is 10.2 Å². The highest BCUT2D eigenvalue weighted by molar-refractivity contribution is 7.15. The molecule has 3 aromatic carbocycles. The van der Waals surface area contributed by atoms with Crippen molar-refractivity contribution in [2.45, 2.75) is 18.9 Å². The molecule has 1 aliphatic rings. The van der Waals surface area contributed by atoms with Crippen LogP contribution in [0.3, 0.4) is 0 Å². The van der Waals surface area contributed by atoms with Crippen molar-refractivity contribution in [3.63, 3.8) is 0 Å². The van der Waals surface area contributed by atoms with Gasteiger partial charge in [-0.1, -0.05) is 78.1 Å².